The first-order valence-electron chi connectivity index (χ1n) is 4.66. The van der Waals surface area contributed by atoms with Crippen LogP contribution in [-0.4, -0.2) is 17.1 Å². The molecule has 2 aliphatic carbocycles. The van der Waals surface area contributed by atoms with Crippen molar-refractivity contribution >= 4 is 5.91 Å². The largest absolute Gasteiger partial charge is 0.393 e. The molecule has 0 aromatic rings. The first-order chi connectivity index (χ1) is 5.68. The predicted octanol–water partition coefficient (Wildman–Crippen LogP) is 0.269. The number of carbonyl (C=O) groups excluding carboxylic acids is 1. The minimum absolute atomic E-state index is 0.0332. The van der Waals surface area contributed by atoms with E-state index in [-0.39, 0.29) is 17.9 Å². The van der Waals surface area contributed by atoms with Crippen molar-refractivity contribution in [3.63, 3.8) is 0 Å². The van der Waals surface area contributed by atoms with Gasteiger partial charge in [0.05, 0.1) is 6.10 Å². The number of carbonyl (C=O) groups is 1. The lowest BCUT2D eigenvalue weighted by Crippen LogP contribution is -2.36. The molecule has 0 aromatic heterocycles. The Bertz CT molecular complexity index is 191. The first kappa shape index (κ1) is 8.05. The summed E-state index contributed by atoms with van der Waals surface area (Å²) in [5.74, 6) is 0.548. The van der Waals surface area contributed by atoms with E-state index in [9.17, 15) is 9.90 Å². The number of aliphatic hydroxyl groups excluding tert-OH is 1. The fourth-order valence-corrected chi connectivity index (χ4v) is 2.73. The van der Waals surface area contributed by atoms with E-state index >= 15 is 0 Å². The maximum absolute atomic E-state index is 10.9. The molecule has 2 saturated carbocycles. The number of hydrogen-bond donors (Lipinski definition) is 2. The standard InChI is InChI=1S/C9H15NO2/c10-9(12)7-3-5-1-2-6(4-7)8(5)11/h5-8,11H,1-4H2,(H2,10,12). The number of amides is 1. The molecular weight excluding hydrogens is 154 g/mol. The maximum atomic E-state index is 10.9. The molecule has 0 saturated heterocycles. The van der Waals surface area contributed by atoms with Crippen LogP contribution < -0.4 is 5.73 Å². The van der Waals surface area contributed by atoms with Crippen molar-refractivity contribution in [2.24, 2.45) is 23.5 Å². The molecule has 68 valence electrons. The topological polar surface area (TPSA) is 63.3 Å². The second-order valence-corrected chi connectivity index (χ2v) is 4.16. The molecule has 0 heterocycles. The van der Waals surface area contributed by atoms with E-state index < -0.39 is 0 Å². The van der Waals surface area contributed by atoms with Crippen LogP contribution in [0.1, 0.15) is 25.7 Å². The van der Waals surface area contributed by atoms with E-state index in [4.69, 9.17) is 5.73 Å². The molecule has 1 amide bonds. The monoisotopic (exact) mass is 169 g/mol. The molecule has 0 spiro atoms. The Morgan fingerprint density at radius 3 is 2.17 bits per heavy atom. The Kier molecular flexibility index (Phi) is 1.83. The molecule has 3 heteroatoms. The molecular formula is C9H15NO2. The average Bonchev–Trinajstić information content (AvgIpc) is 2.30. The molecule has 0 radical (unpaired) electrons. The summed E-state index contributed by atoms with van der Waals surface area (Å²) >= 11 is 0. The summed E-state index contributed by atoms with van der Waals surface area (Å²) in [4.78, 5) is 10.9. The highest BCUT2D eigenvalue weighted by Gasteiger charge is 2.43. The second-order valence-electron chi connectivity index (χ2n) is 4.16. The normalized spacial score (nSPS) is 46.1. The van der Waals surface area contributed by atoms with Crippen LogP contribution in [0.3, 0.4) is 0 Å². The Hall–Kier alpha value is -0.570. The summed E-state index contributed by atoms with van der Waals surface area (Å²) in [5, 5.41) is 9.66. The quantitative estimate of drug-likeness (QED) is 0.591. The van der Waals surface area contributed by atoms with Gasteiger partial charge in [-0.3, -0.25) is 4.79 Å². The number of hydrogen-bond acceptors (Lipinski definition) is 2. The lowest BCUT2D eigenvalue weighted by molar-refractivity contribution is -0.124. The van der Waals surface area contributed by atoms with Crippen LogP contribution in [0.5, 0.6) is 0 Å². The van der Waals surface area contributed by atoms with Gasteiger partial charge in [0.15, 0.2) is 0 Å². The Morgan fingerprint density at radius 1 is 1.25 bits per heavy atom. The van der Waals surface area contributed by atoms with Crippen LogP contribution in [-0.2, 0) is 4.79 Å². The van der Waals surface area contributed by atoms with E-state index in [0.717, 1.165) is 25.7 Å². The minimum atomic E-state index is -0.182. The minimum Gasteiger partial charge on any atom is -0.393 e. The highest BCUT2D eigenvalue weighted by molar-refractivity contribution is 5.76. The number of aliphatic hydroxyl groups is 1. The fourth-order valence-electron chi connectivity index (χ4n) is 2.73. The Balaban J connectivity index is 2.07. The first-order valence-corrected chi connectivity index (χ1v) is 4.66. The molecule has 0 aromatic carbocycles. The summed E-state index contributed by atoms with van der Waals surface area (Å²) in [7, 11) is 0. The van der Waals surface area contributed by atoms with Gasteiger partial charge in [-0.05, 0) is 37.5 Å². The lowest BCUT2D eigenvalue weighted by atomic mass is 9.79. The Labute approximate surface area is 71.9 Å². The zero-order chi connectivity index (χ0) is 8.72. The van der Waals surface area contributed by atoms with Crippen LogP contribution in [0.25, 0.3) is 0 Å². The van der Waals surface area contributed by atoms with E-state index in [1.165, 1.54) is 0 Å². The smallest absolute Gasteiger partial charge is 0.220 e. The van der Waals surface area contributed by atoms with Gasteiger partial charge in [-0.1, -0.05) is 0 Å². The number of nitrogens with two attached hydrogens (primary N) is 1. The molecule has 12 heavy (non-hydrogen) atoms. The molecule has 2 aliphatic rings. The van der Waals surface area contributed by atoms with Gasteiger partial charge in [0, 0.05) is 5.92 Å². The van der Waals surface area contributed by atoms with Crippen molar-refractivity contribution in [1.82, 2.24) is 0 Å². The average molecular weight is 169 g/mol. The van der Waals surface area contributed by atoms with Crippen LogP contribution >= 0.6 is 0 Å². The number of rotatable bonds is 1. The van der Waals surface area contributed by atoms with Gasteiger partial charge in [-0.15, -0.1) is 0 Å². The van der Waals surface area contributed by atoms with E-state index in [2.05, 4.69) is 0 Å². The highest BCUT2D eigenvalue weighted by atomic mass is 16.3. The molecule has 2 rings (SSSR count). The van der Waals surface area contributed by atoms with Crippen molar-refractivity contribution in [2.45, 2.75) is 31.8 Å². The summed E-state index contributed by atoms with van der Waals surface area (Å²) in [5.41, 5.74) is 5.24. The fraction of sp³-hybridized carbons (Fsp3) is 0.889. The van der Waals surface area contributed by atoms with Crippen molar-refractivity contribution in [1.29, 1.82) is 0 Å². The zero-order valence-electron chi connectivity index (χ0n) is 7.07. The predicted molar refractivity (Wildman–Crippen MR) is 44.1 cm³/mol. The lowest BCUT2D eigenvalue weighted by Gasteiger charge is -2.30. The van der Waals surface area contributed by atoms with E-state index in [1.807, 2.05) is 0 Å². The van der Waals surface area contributed by atoms with Crippen molar-refractivity contribution < 1.29 is 9.90 Å². The van der Waals surface area contributed by atoms with Crippen molar-refractivity contribution in [3.8, 4) is 0 Å². The molecule has 2 fully saturated rings. The molecule has 0 aliphatic heterocycles. The summed E-state index contributed by atoms with van der Waals surface area (Å²) < 4.78 is 0. The summed E-state index contributed by atoms with van der Waals surface area (Å²) in [6.45, 7) is 0. The maximum Gasteiger partial charge on any atom is 0.220 e. The molecule has 2 atom stereocenters. The van der Waals surface area contributed by atoms with Gasteiger partial charge in [0.1, 0.15) is 0 Å². The molecule has 3 nitrogen and oxygen atoms in total. The SMILES string of the molecule is NC(=O)C1CC2CCC(C1)C2O. The van der Waals surface area contributed by atoms with Crippen LogP contribution in [0, 0.1) is 17.8 Å². The van der Waals surface area contributed by atoms with E-state index in [0.29, 0.717) is 11.8 Å². The molecule has 2 bridgehead atoms. The summed E-state index contributed by atoms with van der Waals surface area (Å²) in [6, 6.07) is 0. The van der Waals surface area contributed by atoms with Gasteiger partial charge in [0.25, 0.3) is 0 Å². The molecule has 2 unspecified atom stereocenters. The van der Waals surface area contributed by atoms with Gasteiger partial charge in [-0.25, -0.2) is 0 Å². The van der Waals surface area contributed by atoms with Gasteiger partial charge < -0.3 is 10.8 Å². The van der Waals surface area contributed by atoms with Gasteiger partial charge in [0.2, 0.25) is 5.91 Å². The van der Waals surface area contributed by atoms with Crippen LogP contribution in [0.4, 0.5) is 0 Å². The highest BCUT2D eigenvalue weighted by Crippen LogP contribution is 2.44. The molecule has 3 N–H and O–H groups in total. The number of primary amides is 1. The van der Waals surface area contributed by atoms with Crippen molar-refractivity contribution in [3.05, 3.63) is 0 Å². The van der Waals surface area contributed by atoms with Crippen molar-refractivity contribution in [2.75, 3.05) is 0 Å². The Morgan fingerprint density at radius 2 is 1.75 bits per heavy atom. The van der Waals surface area contributed by atoms with Gasteiger partial charge in [-0.2, -0.15) is 0 Å². The zero-order valence-corrected chi connectivity index (χ0v) is 7.07. The third-order valence-corrected chi connectivity index (χ3v) is 3.45. The van der Waals surface area contributed by atoms with E-state index in [1.54, 1.807) is 0 Å². The van der Waals surface area contributed by atoms with Crippen LogP contribution in [0.15, 0.2) is 0 Å². The van der Waals surface area contributed by atoms with Gasteiger partial charge >= 0.3 is 0 Å². The third kappa shape index (κ3) is 1.12. The number of fused-ring (bicyclic) bond motifs is 2. The van der Waals surface area contributed by atoms with Crippen LogP contribution in [0.2, 0.25) is 0 Å². The summed E-state index contributed by atoms with van der Waals surface area (Å²) in [6.07, 6.45) is 3.63. The second kappa shape index (κ2) is 2.73. The third-order valence-electron chi connectivity index (χ3n) is 3.45.